The molecule has 2 heterocycles. The van der Waals surface area contributed by atoms with Crippen molar-refractivity contribution in [2.45, 2.75) is 19.3 Å². The van der Waals surface area contributed by atoms with Crippen LogP contribution in [0.2, 0.25) is 5.02 Å². The summed E-state index contributed by atoms with van der Waals surface area (Å²) in [5.41, 5.74) is 3.93. The fraction of sp³-hybridized carbons (Fsp3) is 0.286. The van der Waals surface area contributed by atoms with Crippen LogP contribution in [0, 0.1) is 6.92 Å². The molecule has 0 unspecified atom stereocenters. The second-order valence-electron chi connectivity index (χ2n) is 4.77. The zero-order valence-corrected chi connectivity index (χ0v) is 12.8. The van der Waals surface area contributed by atoms with Gasteiger partial charge in [-0.1, -0.05) is 17.7 Å². The fourth-order valence-electron chi connectivity index (χ4n) is 2.44. The molecule has 0 atom stereocenters. The van der Waals surface area contributed by atoms with Gasteiger partial charge in [0.2, 0.25) is 0 Å². The largest absolute Gasteiger partial charge is 0.321 e. The van der Waals surface area contributed by atoms with Gasteiger partial charge in [-0.3, -0.25) is 4.68 Å². The fourth-order valence-corrected chi connectivity index (χ4v) is 2.91. The third kappa shape index (κ3) is 2.19. The van der Waals surface area contributed by atoms with E-state index in [2.05, 4.69) is 14.6 Å². The molecular formula is C14H14Cl2N4. The third-order valence-electron chi connectivity index (χ3n) is 3.36. The van der Waals surface area contributed by atoms with Crippen molar-refractivity contribution >= 4 is 34.2 Å². The molecule has 0 saturated heterocycles. The number of aryl methyl sites for hydroxylation is 2. The normalized spacial score (nSPS) is 11.4. The number of alkyl halides is 1. The Morgan fingerprint density at radius 1 is 1.30 bits per heavy atom. The minimum absolute atomic E-state index is 0.352. The predicted molar refractivity (Wildman–Crippen MR) is 81.3 cm³/mol. The van der Waals surface area contributed by atoms with E-state index in [1.54, 1.807) is 0 Å². The first kappa shape index (κ1) is 13.5. The highest BCUT2D eigenvalue weighted by molar-refractivity contribution is 6.35. The molecule has 2 aromatic heterocycles. The lowest BCUT2D eigenvalue weighted by atomic mass is 10.2. The molecular weight excluding hydrogens is 295 g/mol. The van der Waals surface area contributed by atoms with Crippen LogP contribution in [0.3, 0.4) is 0 Å². The molecule has 0 N–H and O–H groups in total. The molecule has 0 aliphatic rings. The van der Waals surface area contributed by atoms with Crippen LogP contribution in [0.25, 0.3) is 11.0 Å². The van der Waals surface area contributed by atoms with Crippen molar-refractivity contribution < 1.29 is 0 Å². The Morgan fingerprint density at radius 2 is 2.10 bits per heavy atom. The van der Waals surface area contributed by atoms with E-state index in [0.717, 1.165) is 28.1 Å². The summed E-state index contributed by atoms with van der Waals surface area (Å²) in [4.78, 5) is 4.54. The number of para-hydroxylation sites is 1. The SMILES string of the molecule is Cc1nn(C)cc1Cn1c(CCl)nc2cccc(Cl)c21. The molecule has 3 rings (SSSR count). The van der Waals surface area contributed by atoms with E-state index in [9.17, 15) is 0 Å². The van der Waals surface area contributed by atoms with Crippen LogP contribution < -0.4 is 0 Å². The van der Waals surface area contributed by atoms with Gasteiger partial charge >= 0.3 is 0 Å². The van der Waals surface area contributed by atoms with Crippen molar-refractivity contribution in [1.82, 2.24) is 19.3 Å². The molecule has 0 radical (unpaired) electrons. The average Bonchev–Trinajstić information content (AvgIpc) is 2.92. The molecule has 6 heteroatoms. The number of nitrogens with zero attached hydrogens (tertiary/aromatic N) is 4. The van der Waals surface area contributed by atoms with Gasteiger partial charge in [-0.25, -0.2) is 4.98 Å². The molecule has 0 amide bonds. The zero-order valence-electron chi connectivity index (χ0n) is 11.3. The Bertz CT molecular complexity index is 773. The number of benzene rings is 1. The topological polar surface area (TPSA) is 35.6 Å². The Kier molecular flexibility index (Phi) is 3.44. The van der Waals surface area contributed by atoms with Crippen molar-refractivity contribution in [1.29, 1.82) is 0 Å². The van der Waals surface area contributed by atoms with Crippen LogP contribution in [-0.2, 0) is 19.5 Å². The highest BCUT2D eigenvalue weighted by atomic mass is 35.5. The molecule has 4 nitrogen and oxygen atoms in total. The van der Waals surface area contributed by atoms with Crippen molar-refractivity contribution in [2.24, 2.45) is 7.05 Å². The van der Waals surface area contributed by atoms with E-state index in [1.807, 2.05) is 43.0 Å². The molecule has 0 aliphatic carbocycles. The molecule has 104 valence electrons. The summed E-state index contributed by atoms with van der Waals surface area (Å²) >= 11 is 12.3. The molecule has 0 bridgehead atoms. The molecule has 20 heavy (non-hydrogen) atoms. The number of rotatable bonds is 3. The average molecular weight is 309 g/mol. The molecule has 0 saturated carbocycles. The van der Waals surface area contributed by atoms with Crippen LogP contribution in [0.15, 0.2) is 24.4 Å². The summed E-state index contributed by atoms with van der Waals surface area (Å²) in [6.45, 7) is 2.67. The van der Waals surface area contributed by atoms with E-state index in [1.165, 1.54) is 0 Å². The molecule has 0 fully saturated rings. The van der Waals surface area contributed by atoms with E-state index in [4.69, 9.17) is 23.2 Å². The summed E-state index contributed by atoms with van der Waals surface area (Å²) in [7, 11) is 1.91. The van der Waals surface area contributed by atoms with Gasteiger partial charge in [0, 0.05) is 18.8 Å². The molecule has 0 spiro atoms. The van der Waals surface area contributed by atoms with Crippen molar-refractivity contribution in [3.8, 4) is 0 Å². The first-order chi connectivity index (χ1) is 9.60. The van der Waals surface area contributed by atoms with Crippen molar-refractivity contribution in [2.75, 3.05) is 0 Å². The number of halogens is 2. The Balaban J connectivity index is 2.17. The van der Waals surface area contributed by atoms with Crippen LogP contribution in [0.4, 0.5) is 0 Å². The first-order valence-corrected chi connectivity index (χ1v) is 7.20. The van der Waals surface area contributed by atoms with E-state index in [-0.39, 0.29) is 0 Å². The van der Waals surface area contributed by atoms with Gasteiger partial charge in [-0.2, -0.15) is 5.10 Å². The van der Waals surface area contributed by atoms with Crippen molar-refractivity contribution in [3.63, 3.8) is 0 Å². The Morgan fingerprint density at radius 3 is 2.75 bits per heavy atom. The number of hydrogen-bond donors (Lipinski definition) is 0. The van der Waals surface area contributed by atoms with E-state index >= 15 is 0 Å². The number of imidazole rings is 1. The lowest BCUT2D eigenvalue weighted by Crippen LogP contribution is -2.04. The Labute approximate surface area is 126 Å². The minimum atomic E-state index is 0.352. The van der Waals surface area contributed by atoms with Crippen LogP contribution in [-0.4, -0.2) is 19.3 Å². The number of fused-ring (bicyclic) bond motifs is 1. The number of aromatic nitrogens is 4. The summed E-state index contributed by atoms with van der Waals surface area (Å²) in [5, 5.41) is 5.05. The van der Waals surface area contributed by atoms with Gasteiger partial charge in [0.1, 0.15) is 5.82 Å². The van der Waals surface area contributed by atoms with E-state index in [0.29, 0.717) is 17.4 Å². The van der Waals surface area contributed by atoms with E-state index < -0.39 is 0 Å². The van der Waals surface area contributed by atoms with Crippen molar-refractivity contribution in [3.05, 3.63) is 46.5 Å². The van der Waals surface area contributed by atoms with Crippen LogP contribution >= 0.6 is 23.2 Å². The molecule has 3 aromatic rings. The maximum absolute atomic E-state index is 6.32. The molecule has 0 aliphatic heterocycles. The van der Waals surface area contributed by atoms with Gasteiger partial charge in [0.15, 0.2) is 0 Å². The summed E-state index contributed by atoms with van der Waals surface area (Å²) in [6.07, 6.45) is 2.01. The maximum atomic E-state index is 6.32. The summed E-state index contributed by atoms with van der Waals surface area (Å²) in [6, 6.07) is 5.72. The second-order valence-corrected chi connectivity index (χ2v) is 5.44. The zero-order chi connectivity index (χ0) is 14.3. The van der Waals surface area contributed by atoms with Gasteiger partial charge < -0.3 is 4.57 Å². The lowest BCUT2D eigenvalue weighted by molar-refractivity contribution is 0.754. The smallest absolute Gasteiger partial charge is 0.125 e. The standard InChI is InChI=1S/C14H14Cl2N4/c1-9-10(7-19(2)18-9)8-20-13(6-15)17-12-5-3-4-11(16)14(12)20/h3-5,7H,6,8H2,1-2H3. The van der Waals surface area contributed by atoms with Gasteiger partial charge in [0.05, 0.1) is 34.2 Å². The second kappa shape index (κ2) is 5.11. The predicted octanol–water partition coefficient (Wildman–Crippen LogP) is 3.52. The summed E-state index contributed by atoms with van der Waals surface area (Å²) < 4.78 is 3.88. The monoisotopic (exact) mass is 308 g/mol. The lowest BCUT2D eigenvalue weighted by Gasteiger charge is -2.07. The summed E-state index contributed by atoms with van der Waals surface area (Å²) in [5.74, 6) is 1.17. The van der Waals surface area contributed by atoms with Crippen LogP contribution in [0.5, 0.6) is 0 Å². The van der Waals surface area contributed by atoms with Gasteiger partial charge in [-0.15, -0.1) is 11.6 Å². The van der Waals surface area contributed by atoms with Gasteiger partial charge in [0.25, 0.3) is 0 Å². The van der Waals surface area contributed by atoms with Crippen LogP contribution in [0.1, 0.15) is 17.1 Å². The maximum Gasteiger partial charge on any atom is 0.125 e. The highest BCUT2D eigenvalue weighted by Crippen LogP contribution is 2.26. The van der Waals surface area contributed by atoms with Gasteiger partial charge in [-0.05, 0) is 19.1 Å². The number of hydrogen-bond acceptors (Lipinski definition) is 2. The third-order valence-corrected chi connectivity index (χ3v) is 3.90. The minimum Gasteiger partial charge on any atom is -0.321 e. The Hall–Kier alpha value is -1.52. The molecule has 1 aromatic carbocycles. The quantitative estimate of drug-likeness (QED) is 0.694. The highest BCUT2D eigenvalue weighted by Gasteiger charge is 2.14. The first-order valence-electron chi connectivity index (χ1n) is 6.29.